The summed E-state index contributed by atoms with van der Waals surface area (Å²) in [7, 11) is 0. The summed E-state index contributed by atoms with van der Waals surface area (Å²) >= 11 is 1.73. The van der Waals surface area contributed by atoms with Crippen LogP contribution in [0.5, 0.6) is 0 Å². The molecule has 1 fully saturated rings. The van der Waals surface area contributed by atoms with Gasteiger partial charge >= 0.3 is 0 Å². The highest BCUT2D eigenvalue weighted by Gasteiger charge is 2.33. The number of nitrogens with one attached hydrogen (secondary N) is 2. The van der Waals surface area contributed by atoms with Gasteiger partial charge in [0.05, 0.1) is 19.1 Å². The second-order valence-corrected chi connectivity index (χ2v) is 5.86. The van der Waals surface area contributed by atoms with E-state index >= 15 is 0 Å². The first-order chi connectivity index (χ1) is 9.31. The fourth-order valence-electron chi connectivity index (χ4n) is 2.24. The van der Waals surface area contributed by atoms with Crippen molar-refractivity contribution in [3.63, 3.8) is 0 Å². The Morgan fingerprint density at radius 2 is 2.37 bits per heavy atom. The van der Waals surface area contributed by atoms with Gasteiger partial charge in [0.15, 0.2) is 0 Å². The van der Waals surface area contributed by atoms with Crippen molar-refractivity contribution in [1.82, 2.24) is 10.6 Å². The molecule has 1 aliphatic heterocycles. The van der Waals surface area contributed by atoms with Gasteiger partial charge < -0.3 is 15.4 Å². The van der Waals surface area contributed by atoms with Crippen molar-refractivity contribution >= 4 is 17.2 Å². The molecule has 1 saturated heterocycles. The van der Waals surface area contributed by atoms with Crippen LogP contribution in [-0.4, -0.2) is 38.3 Å². The molecule has 106 valence electrons. The third kappa shape index (κ3) is 4.30. The van der Waals surface area contributed by atoms with Gasteiger partial charge in [-0.15, -0.1) is 11.3 Å². The van der Waals surface area contributed by atoms with Gasteiger partial charge in [-0.25, -0.2) is 0 Å². The fourth-order valence-corrected chi connectivity index (χ4v) is 2.95. The molecule has 0 spiro atoms. The molecule has 0 saturated carbocycles. The lowest BCUT2D eigenvalue weighted by Gasteiger charge is -2.18. The number of carbonyl (C=O) groups is 1. The number of ether oxygens (including phenoxy) is 1. The molecule has 4 nitrogen and oxygen atoms in total. The number of hydrogen-bond acceptors (Lipinski definition) is 4. The maximum Gasteiger partial charge on any atom is 0.227 e. The fraction of sp³-hybridized carbons (Fsp3) is 0.643. The monoisotopic (exact) mass is 282 g/mol. The molecule has 5 heteroatoms. The molecule has 19 heavy (non-hydrogen) atoms. The molecule has 0 aromatic carbocycles. The highest BCUT2D eigenvalue weighted by atomic mass is 32.1. The molecule has 2 atom stereocenters. The summed E-state index contributed by atoms with van der Waals surface area (Å²) in [6, 6.07) is 4.31. The van der Waals surface area contributed by atoms with Gasteiger partial charge in [-0.05, 0) is 30.8 Å². The largest absolute Gasteiger partial charge is 0.379 e. The van der Waals surface area contributed by atoms with E-state index in [4.69, 9.17) is 4.74 Å². The minimum absolute atomic E-state index is 0.0464. The Bertz CT molecular complexity index is 381. The van der Waals surface area contributed by atoms with Crippen molar-refractivity contribution in [1.29, 1.82) is 0 Å². The summed E-state index contributed by atoms with van der Waals surface area (Å²) in [5.41, 5.74) is 0. The molecule has 0 radical (unpaired) electrons. The zero-order chi connectivity index (χ0) is 13.5. The second kappa shape index (κ2) is 7.62. The van der Waals surface area contributed by atoms with Crippen molar-refractivity contribution in [3.05, 3.63) is 22.4 Å². The molecule has 1 amide bonds. The van der Waals surface area contributed by atoms with E-state index in [1.54, 1.807) is 11.3 Å². The second-order valence-electron chi connectivity index (χ2n) is 4.82. The SMILES string of the molecule is CCCNC1COCC1C(=O)NCCc1cccs1. The van der Waals surface area contributed by atoms with Crippen LogP contribution in [0, 0.1) is 5.92 Å². The number of carbonyl (C=O) groups excluding carboxylic acids is 1. The first-order valence-electron chi connectivity index (χ1n) is 6.92. The van der Waals surface area contributed by atoms with Crippen LogP contribution in [0.2, 0.25) is 0 Å². The summed E-state index contributed by atoms with van der Waals surface area (Å²) in [6.45, 7) is 4.94. The average Bonchev–Trinajstić information content (AvgIpc) is 3.07. The number of rotatable bonds is 7. The minimum Gasteiger partial charge on any atom is -0.379 e. The van der Waals surface area contributed by atoms with Gasteiger partial charge in [-0.3, -0.25) is 4.79 Å². The normalized spacial score (nSPS) is 22.6. The number of amides is 1. The van der Waals surface area contributed by atoms with Crippen LogP contribution in [0.15, 0.2) is 17.5 Å². The van der Waals surface area contributed by atoms with Crippen molar-refractivity contribution in [2.75, 3.05) is 26.3 Å². The number of hydrogen-bond donors (Lipinski definition) is 2. The molecule has 1 aromatic rings. The third-order valence-corrected chi connectivity index (χ3v) is 4.26. The minimum atomic E-state index is -0.0464. The smallest absolute Gasteiger partial charge is 0.227 e. The molecule has 2 heterocycles. The van der Waals surface area contributed by atoms with Crippen molar-refractivity contribution in [2.24, 2.45) is 5.92 Å². The lowest BCUT2D eigenvalue weighted by molar-refractivity contribution is -0.125. The molecule has 1 aliphatic rings. The first kappa shape index (κ1) is 14.5. The Labute approximate surface area is 118 Å². The van der Waals surface area contributed by atoms with Gasteiger partial charge in [0.2, 0.25) is 5.91 Å². The first-order valence-corrected chi connectivity index (χ1v) is 7.80. The summed E-state index contributed by atoms with van der Waals surface area (Å²) in [6.07, 6.45) is 1.98. The van der Waals surface area contributed by atoms with E-state index in [0.29, 0.717) is 19.8 Å². The van der Waals surface area contributed by atoms with Gasteiger partial charge in [-0.1, -0.05) is 13.0 Å². The Morgan fingerprint density at radius 1 is 1.47 bits per heavy atom. The number of thiophene rings is 1. The van der Waals surface area contributed by atoms with Crippen molar-refractivity contribution < 1.29 is 9.53 Å². The average molecular weight is 282 g/mol. The molecule has 2 rings (SSSR count). The quantitative estimate of drug-likeness (QED) is 0.795. The van der Waals surface area contributed by atoms with Gasteiger partial charge in [0, 0.05) is 17.5 Å². The van der Waals surface area contributed by atoms with E-state index in [-0.39, 0.29) is 17.9 Å². The van der Waals surface area contributed by atoms with E-state index in [1.807, 2.05) is 6.07 Å². The highest BCUT2D eigenvalue weighted by Crippen LogP contribution is 2.14. The molecular weight excluding hydrogens is 260 g/mol. The van der Waals surface area contributed by atoms with Gasteiger partial charge in [0.25, 0.3) is 0 Å². The van der Waals surface area contributed by atoms with Gasteiger partial charge in [0.1, 0.15) is 0 Å². The lowest BCUT2D eigenvalue weighted by atomic mass is 10.0. The summed E-state index contributed by atoms with van der Waals surface area (Å²) in [5, 5.41) is 8.46. The van der Waals surface area contributed by atoms with Crippen LogP contribution in [-0.2, 0) is 16.0 Å². The predicted molar refractivity (Wildman–Crippen MR) is 77.4 cm³/mol. The van der Waals surface area contributed by atoms with E-state index in [9.17, 15) is 4.79 Å². The highest BCUT2D eigenvalue weighted by molar-refractivity contribution is 7.09. The van der Waals surface area contributed by atoms with Crippen LogP contribution in [0.3, 0.4) is 0 Å². The molecule has 2 N–H and O–H groups in total. The van der Waals surface area contributed by atoms with Crippen LogP contribution < -0.4 is 10.6 Å². The summed E-state index contributed by atoms with van der Waals surface area (Å²) in [4.78, 5) is 13.4. The molecular formula is C14H22N2O2S. The summed E-state index contributed by atoms with van der Waals surface area (Å²) < 4.78 is 5.42. The summed E-state index contributed by atoms with van der Waals surface area (Å²) in [5.74, 6) is 0.0672. The zero-order valence-corrected chi connectivity index (χ0v) is 12.2. The van der Waals surface area contributed by atoms with Gasteiger partial charge in [-0.2, -0.15) is 0 Å². The Hall–Kier alpha value is -0.910. The standard InChI is InChI=1S/C14H22N2O2S/c1-2-6-15-13-10-18-9-12(13)14(17)16-7-5-11-4-3-8-19-11/h3-4,8,12-13,15H,2,5-7,9-10H2,1H3,(H,16,17). The van der Waals surface area contributed by atoms with Crippen LogP contribution in [0.25, 0.3) is 0 Å². The molecule has 1 aromatic heterocycles. The Balaban J connectivity index is 1.72. The van der Waals surface area contributed by atoms with Crippen LogP contribution in [0.1, 0.15) is 18.2 Å². The topological polar surface area (TPSA) is 50.4 Å². The third-order valence-electron chi connectivity index (χ3n) is 3.32. The molecule has 0 aliphatic carbocycles. The maximum absolute atomic E-state index is 12.1. The predicted octanol–water partition coefficient (Wildman–Crippen LogP) is 1.42. The molecule has 2 unspecified atom stereocenters. The van der Waals surface area contributed by atoms with E-state index in [0.717, 1.165) is 19.4 Å². The van der Waals surface area contributed by atoms with Crippen LogP contribution >= 0.6 is 11.3 Å². The Kier molecular flexibility index (Phi) is 5.82. The molecule has 0 bridgehead atoms. The maximum atomic E-state index is 12.1. The van der Waals surface area contributed by atoms with Crippen LogP contribution in [0.4, 0.5) is 0 Å². The van der Waals surface area contributed by atoms with Crippen molar-refractivity contribution in [2.45, 2.75) is 25.8 Å². The zero-order valence-electron chi connectivity index (χ0n) is 11.4. The van der Waals surface area contributed by atoms with E-state index in [1.165, 1.54) is 4.88 Å². The van der Waals surface area contributed by atoms with E-state index in [2.05, 4.69) is 29.0 Å². The van der Waals surface area contributed by atoms with Crippen molar-refractivity contribution in [3.8, 4) is 0 Å². The lowest BCUT2D eigenvalue weighted by Crippen LogP contribution is -2.44. The van der Waals surface area contributed by atoms with E-state index < -0.39 is 0 Å². The Morgan fingerprint density at radius 3 is 3.11 bits per heavy atom.